The third-order valence-corrected chi connectivity index (χ3v) is 7.75. The molecule has 244 valence electrons. The van der Waals surface area contributed by atoms with Crippen LogP contribution in [-0.4, -0.2) is 41.0 Å². The highest BCUT2D eigenvalue weighted by Gasteiger charge is 2.37. The maximum absolute atomic E-state index is 14.6. The third-order valence-electron chi connectivity index (χ3n) is 7.75. The van der Waals surface area contributed by atoms with Gasteiger partial charge in [0, 0.05) is 12.2 Å². The zero-order valence-electron chi connectivity index (χ0n) is 28.9. The van der Waals surface area contributed by atoms with Gasteiger partial charge in [-0.15, -0.1) is 0 Å². The molecule has 3 amide bonds. The maximum atomic E-state index is 14.6. The van der Waals surface area contributed by atoms with Crippen LogP contribution in [0.4, 0.5) is 10.5 Å². The Balaban J connectivity index is 2.62. The zero-order valence-corrected chi connectivity index (χ0v) is 28.9. The highest BCUT2D eigenvalue weighted by atomic mass is 16.6. The van der Waals surface area contributed by atoms with Gasteiger partial charge in [-0.25, -0.2) is 4.79 Å². The van der Waals surface area contributed by atoms with Crippen molar-refractivity contribution in [3.63, 3.8) is 0 Å². The highest BCUT2D eigenvalue weighted by Crippen LogP contribution is 2.30. The number of nitrogens with one attached hydrogen (secondary N) is 2. The van der Waals surface area contributed by atoms with Crippen molar-refractivity contribution in [2.24, 2.45) is 5.92 Å². The van der Waals surface area contributed by atoms with Crippen molar-refractivity contribution in [3.05, 3.63) is 64.2 Å². The number of para-hydroxylation sites is 1. The smallest absolute Gasteiger partial charge is 0.408 e. The van der Waals surface area contributed by atoms with Gasteiger partial charge in [0.2, 0.25) is 5.91 Å². The number of carbonyl (C=O) groups is 3. The molecular weight excluding hydrogens is 550 g/mol. The summed E-state index contributed by atoms with van der Waals surface area (Å²) in [7, 11) is 0. The number of amides is 3. The number of hydrogen-bond acceptors (Lipinski definition) is 4. The Kier molecular flexibility index (Phi) is 14.4. The first kappa shape index (κ1) is 36.8. The van der Waals surface area contributed by atoms with Gasteiger partial charge < -0.3 is 20.3 Å². The predicted molar refractivity (Wildman–Crippen MR) is 181 cm³/mol. The standard InChI is InChI=1S/C37H57N3O4/c1-11-12-13-14-15-16-22-40(35(42)31(23-25(2)3)38-36(43)44-37(8,9)10)33(30-24-26(4)20-21-27(30)5)34(41)39-32-28(6)18-17-19-29(32)7/h17-21,24-25,31,33H,11-16,22-23H2,1-10H3,(H,38,43)(H,39,41). The fraction of sp³-hybridized carbons (Fsp3) is 0.595. The van der Waals surface area contributed by atoms with Crippen LogP contribution in [0.2, 0.25) is 0 Å². The first-order valence-corrected chi connectivity index (χ1v) is 16.4. The fourth-order valence-corrected chi connectivity index (χ4v) is 5.48. The molecule has 0 saturated heterocycles. The van der Waals surface area contributed by atoms with Gasteiger partial charge in [0.15, 0.2) is 0 Å². The number of benzene rings is 2. The quantitative estimate of drug-likeness (QED) is 0.198. The van der Waals surface area contributed by atoms with E-state index in [-0.39, 0.29) is 17.7 Å². The Hall–Kier alpha value is -3.35. The second-order valence-electron chi connectivity index (χ2n) is 13.6. The van der Waals surface area contributed by atoms with E-state index in [9.17, 15) is 14.4 Å². The lowest BCUT2D eigenvalue weighted by molar-refractivity contribution is -0.141. The lowest BCUT2D eigenvalue weighted by atomic mass is 9.94. The number of anilines is 1. The number of unbranched alkanes of at least 4 members (excludes halogenated alkanes) is 5. The van der Waals surface area contributed by atoms with Crippen molar-refractivity contribution in [1.82, 2.24) is 10.2 Å². The van der Waals surface area contributed by atoms with Gasteiger partial charge in [-0.3, -0.25) is 9.59 Å². The topological polar surface area (TPSA) is 87.7 Å². The molecule has 44 heavy (non-hydrogen) atoms. The molecule has 0 spiro atoms. The van der Waals surface area contributed by atoms with Crippen LogP contribution in [0, 0.1) is 33.6 Å². The van der Waals surface area contributed by atoms with Gasteiger partial charge in [0.25, 0.3) is 5.91 Å². The van der Waals surface area contributed by atoms with E-state index in [0.717, 1.165) is 65.6 Å². The summed E-state index contributed by atoms with van der Waals surface area (Å²) in [4.78, 5) is 43.7. The van der Waals surface area contributed by atoms with Crippen molar-refractivity contribution in [2.45, 2.75) is 132 Å². The minimum Gasteiger partial charge on any atom is -0.444 e. The summed E-state index contributed by atoms with van der Waals surface area (Å²) >= 11 is 0. The predicted octanol–water partition coefficient (Wildman–Crippen LogP) is 8.73. The maximum Gasteiger partial charge on any atom is 0.408 e. The van der Waals surface area contributed by atoms with Gasteiger partial charge in [-0.05, 0) is 89.5 Å². The van der Waals surface area contributed by atoms with Crippen LogP contribution in [0.15, 0.2) is 36.4 Å². The third kappa shape index (κ3) is 11.6. The van der Waals surface area contributed by atoms with Crippen LogP contribution < -0.4 is 10.6 Å². The monoisotopic (exact) mass is 607 g/mol. The van der Waals surface area contributed by atoms with Crippen molar-refractivity contribution in [3.8, 4) is 0 Å². The molecule has 2 aromatic rings. The largest absolute Gasteiger partial charge is 0.444 e. The zero-order chi connectivity index (χ0) is 33.0. The van der Waals surface area contributed by atoms with E-state index in [1.54, 1.807) is 25.7 Å². The summed E-state index contributed by atoms with van der Waals surface area (Å²) < 4.78 is 5.55. The van der Waals surface area contributed by atoms with Crippen LogP contribution in [0.3, 0.4) is 0 Å². The molecule has 0 aliphatic carbocycles. The van der Waals surface area contributed by atoms with Crippen molar-refractivity contribution >= 4 is 23.6 Å². The molecule has 2 N–H and O–H groups in total. The summed E-state index contributed by atoms with van der Waals surface area (Å²) in [6, 6.07) is 10.2. The minimum absolute atomic E-state index is 0.123. The summed E-state index contributed by atoms with van der Waals surface area (Å²) in [6.45, 7) is 19.9. The molecule has 0 radical (unpaired) electrons. The summed E-state index contributed by atoms with van der Waals surface area (Å²) in [5.41, 5.74) is 4.68. The molecule has 2 atom stereocenters. The lowest BCUT2D eigenvalue weighted by Crippen LogP contribution is -2.53. The minimum atomic E-state index is -0.882. The second kappa shape index (κ2) is 17.2. The Bertz CT molecular complexity index is 1230. The molecule has 2 rings (SSSR count). The molecule has 0 aromatic heterocycles. The summed E-state index contributed by atoms with van der Waals surface area (Å²) in [5.74, 6) is -0.422. The Morgan fingerprint density at radius 3 is 2.07 bits per heavy atom. The Morgan fingerprint density at radius 1 is 0.864 bits per heavy atom. The van der Waals surface area contributed by atoms with E-state index in [4.69, 9.17) is 4.74 Å². The van der Waals surface area contributed by atoms with Crippen molar-refractivity contribution in [2.75, 3.05) is 11.9 Å². The molecule has 0 saturated carbocycles. The molecule has 2 unspecified atom stereocenters. The van der Waals surface area contributed by atoms with Crippen LogP contribution in [0.25, 0.3) is 0 Å². The van der Waals surface area contributed by atoms with E-state index in [1.807, 2.05) is 77.9 Å². The molecule has 0 bridgehead atoms. The van der Waals surface area contributed by atoms with Crippen LogP contribution in [0.1, 0.15) is 120 Å². The highest BCUT2D eigenvalue weighted by molar-refractivity contribution is 6.00. The van der Waals surface area contributed by atoms with Crippen LogP contribution in [0.5, 0.6) is 0 Å². The molecule has 0 aliphatic rings. The average molecular weight is 608 g/mol. The van der Waals surface area contributed by atoms with Crippen LogP contribution in [-0.2, 0) is 14.3 Å². The second-order valence-corrected chi connectivity index (χ2v) is 13.6. The van der Waals surface area contributed by atoms with Gasteiger partial charge in [-0.2, -0.15) is 0 Å². The average Bonchev–Trinajstić information content (AvgIpc) is 2.91. The van der Waals surface area contributed by atoms with E-state index < -0.39 is 23.8 Å². The van der Waals surface area contributed by atoms with E-state index in [0.29, 0.717) is 13.0 Å². The lowest BCUT2D eigenvalue weighted by Gasteiger charge is -2.36. The Labute approximate surface area is 266 Å². The number of alkyl carbamates (subject to hydrolysis) is 1. The number of ether oxygens (including phenoxy) is 1. The van der Waals surface area contributed by atoms with Crippen LogP contribution >= 0.6 is 0 Å². The van der Waals surface area contributed by atoms with Crippen molar-refractivity contribution < 1.29 is 19.1 Å². The summed E-state index contributed by atoms with van der Waals surface area (Å²) in [6.07, 6.45) is 6.05. The molecule has 0 aliphatic heterocycles. The van der Waals surface area contributed by atoms with Gasteiger partial charge in [-0.1, -0.05) is 94.8 Å². The number of nitrogens with zero attached hydrogens (tertiary/aromatic N) is 1. The SMILES string of the molecule is CCCCCCCCN(C(=O)C(CC(C)C)NC(=O)OC(C)(C)C)C(C(=O)Nc1c(C)cccc1C)c1cc(C)ccc1C. The number of aryl methyl sites for hydroxylation is 4. The van der Waals surface area contributed by atoms with E-state index >= 15 is 0 Å². The fourth-order valence-electron chi connectivity index (χ4n) is 5.48. The van der Waals surface area contributed by atoms with Crippen molar-refractivity contribution in [1.29, 1.82) is 0 Å². The number of rotatable bonds is 15. The molecule has 7 heteroatoms. The molecule has 7 nitrogen and oxygen atoms in total. The number of carbonyl (C=O) groups excluding carboxylic acids is 3. The van der Waals surface area contributed by atoms with E-state index in [1.165, 1.54) is 6.42 Å². The van der Waals surface area contributed by atoms with Gasteiger partial charge in [0.05, 0.1) is 0 Å². The van der Waals surface area contributed by atoms with E-state index in [2.05, 4.69) is 17.6 Å². The molecule has 0 heterocycles. The Morgan fingerprint density at radius 2 is 1.48 bits per heavy atom. The molecule has 2 aromatic carbocycles. The normalized spacial score (nSPS) is 12.9. The first-order chi connectivity index (χ1) is 20.6. The van der Waals surface area contributed by atoms with Gasteiger partial charge in [0.1, 0.15) is 17.7 Å². The number of hydrogen-bond donors (Lipinski definition) is 2. The molecule has 0 fully saturated rings. The first-order valence-electron chi connectivity index (χ1n) is 16.4. The van der Waals surface area contributed by atoms with Gasteiger partial charge >= 0.3 is 6.09 Å². The summed E-state index contributed by atoms with van der Waals surface area (Å²) in [5, 5.41) is 6.04. The molecular formula is C37H57N3O4.